The molecule has 0 amide bonds. The van der Waals surface area contributed by atoms with E-state index in [0.717, 1.165) is 31.2 Å². The van der Waals surface area contributed by atoms with Crippen LogP contribution in [0.5, 0.6) is 0 Å². The predicted molar refractivity (Wildman–Crippen MR) is 86.2 cm³/mol. The molecule has 1 aliphatic carbocycles. The van der Waals surface area contributed by atoms with Crippen LogP contribution in [-0.2, 0) is 10.0 Å². The van der Waals surface area contributed by atoms with Crippen LogP contribution in [0.15, 0.2) is 29.2 Å². The SMILES string of the molecule is Cc1ccc(S(=O)(=O)N2C(C[N+](=O)[O-])C[C@@H]3CCCC[C@H]32)cc1. The number of fused-ring (bicyclic) bond motifs is 1. The lowest BCUT2D eigenvalue weighted by atomic mass is 9.85. The van der Waals surface area contributed by atoms with Crippen LogP contribution in [0.3, 0.4) is 0 Å². The smallest absolute Gasteiger partial charge is 0.243 e. The Balaban J connectivity index is 1.97. The van der Waals surface area contributed by atoms with Crippen LogP contribution < -0.4 is 0 Å². The molecular weight excluding hydrogens is 316 g/mol. The minimum Gasteiger partial charge on any atom is -0.264 e. The fourth-order valence-corrected chi connectivity index (χ4v) is 5.96. The second-order valence-corrected chi connectivity index (χ2v) is 8.51. The lowest BCUT2D eigenvalue weighted by Crippen LogP contribution is -2.45. The van der Waals surface area contributed by atoms with Gasteiger partial charge in [0.15, 0.2) is 0 Å². The molecule has 2 fully saturated rings. The van der Waals surface area contributed by atoms with Crippen molar-refractivity contribution in [3.05, 3.63) is 39.9 Å². The van der Waals surface area contributed by atoms with E-state index in [-0.39, 0.29) is 28.3 Å². The van der Waals surface area contributed by atoms with E-state index in [9.17, 15) is 18.5 Å². The molecule has 1 aromatic carbocycles. The molecule has 0 spiro atoms. The molecule has 23 heavy (non-hydrogen) atoms. The normalized spacial score (nSPS) is 28.5. The second-order valence-electron chi connectivity index (χ2n) is 6.66. The zero-order chi connectivity index (χ0) is 16.6. The number of benzene rings is 1. The molecule has 0 radical (unpaired) electrons. The molecule has 126 valence electrons. The molecule has 6 nitrogen and oxygen atoms in total. The lowest BCUT2D eigenvalue weighted by Gasteiger charge is -2.32. The van der Waals surface area contributed by atoms with Crippen LogP contribution in [0, 0.1) is 23.0 Å². The van der Waals surface area contributed by atoms with Gasteiger partial charge in [0, 0.05) is 11.0 Å². The second kappa shape index (κ2) is 6.20. The summed E-state index contributed by atoms with van der Waals surface area (Å²) >= 11 is 0. The van der Waals surface area contributed by atoms with Crippen molar-refractivity contribution in [2.24, 2.45) is 5.92 Å². The molecule has 1 unspecified atom stereocenters. The standard InChI is InChI=1S/C16H22N2O4S/c1-12-6-8-15(9-7-12)23(21,22)18-14(11-17(19)20)10-13-4-2-3-5-16(13)18/h6-9,13-14,16H,2-5,10-11H2,1H3/t13-,14?,16+/m0/s1. The Labute approximate surface area is 136 Å². The highest BCUT2D eigenvalue weighted by Gasteiger charge is 2.49. The van der Waals surface area contributed by atoms with E-state index >= 15 is 0 Å². The highest BCUT2D eigenvalue weighted by atomic mass is 32.2. The Bertz CT molecular complexity index is 687. The van der Waals surface area contributed by atoms with E-state index in [1.165, 1.54) is 4.31 Å². The molecule has 3 atom stereocenters. The minimum atomic E-state index is -3.69. The lowest BCUT2D eigenvalue weighted by molar-refractivity contribution is -0.485. The Morgan fingerprint density at radius 3 is 2.52 bits per heavy atom. The maximum absolute atomic E-state index is 13.1. The summed E-state index contributed by atoms with van der Waals surface area (Å²) in [6.07, 6.45) is 4.47. The molecule has 3 rings (SSSR count). The topological polar surface area (TPSA) is 80.5 Å². The van der Waals surface area contributed by atoms with Crippen molar-refractivity contribution in [2.75, 3.05) is 6.54 Å². The van der Waals surface area contributed by atoms with E-state index < -0.39 is 16.1 Å². The Hall–Kier alpha value is -1.47. The molecule has 0 N–H and O–H groups in total. The average molecular weight is 338 g/mol. The van der Waals surface area contributed by atoms with Crippen molar-refractivity contribution in [1.29, 1.82) is 0 Å². The van der Waals surface area contributed by atoms with Gasteiger partial charge >= 0.3 is 0 Å². The number of aryl methyl sites for hydroxylation is 1. The molecule has 1 saturated heterocycles. The van der Waals surface area contributed by atoms with Gasteiger partial charge in [0.1, 0.15) is 0 Å². The summed E-state index contributed by atoms with van der Waals surface area (Å²) < 4.78 is 27.7. The molecule has 1 saturated carbocycles. The van der Waals surface area contributed by atoms with Crippen molar-refractivity contribution in [1.82, 2.24) is 4.31 Å². The van der Waals surface area contributed by atoms with Crippen molar-refractivity contribution >= 4 is 10.0 Å². The van der Waals surface area contributed by atoms with Gasteiger partial charge in [-0.15, -0.1) is 0 Å². The van der Waals surface area contributed by atoms with Crippen LogP contribution in [-0.4, -0.2) is 36.3 Å². The summed E-state index contributed by atoms with van der Waals surface area (Å²) in [7, 11) is -3.69. The van der Waals surface area contributed by atoms with Crippen molar-refractivity contribution in [3.8, 4) is 0 Å². The maximum Gasteiger partial charge on any atom is 0.243 e. The first-order valence-corrected chi connectivity index (χ1v) is 9.55. The maximum atomic E-state index is 13.1. The summed E-state index contributed by atoms with van der Waals surface area (Å²) in [6.45, 7) is 1.59. The Morgan fingerprint density at radius 1 is 1.22 bits per heavy atom. The third kappa shape index (κ3) is 3.12. The summed E-state index contributed by atoms with van der Waals surface area (Å²) in [5.74, 6) is 0.258. The van der Waals surface area contributed by atoms with Gasteiger partial charge in [0.2, 0.25) is 16.6 Å². The summed E-state index contributed by atoms with van der Waals surface area (Å²) in [5, 5.41) is 11.0. The highest BCUT2D eigenvalue weighted by Crippen LogP contribution is 2.42. The number of hydrogen-bond donors (Lipinski definition) is 0. The van der Waals surface area contributed by atoms with Crippen molar-refractivity contribution in [3.63, 3.8) is 0 Å². The number of hydrogen-bond acceptors (Lipinski definition) is 4. The highest BCUT2D eigenvalue weighted by molar-refractivity contribution is 7.89. The molecule has 7 heteroatoms. The van der Waals surface area contributed by atoms with Gasteiger partial charge in [-0.25, -0.2) is 8.42 Å². The van der Waals surface area contributed by atoms with E-state index in [0.29, 0.717) is 6.42 Å². The molecule has 2 aliphatic rings. The van der Waals surface area contributed by atoms with Crippen molar-refractivity contribution in [2.45, 2.75) is 56.0 Å². The van der Waals surface area contributed by atoms with Gasteiger partial charge in [-0.05, 0) is 44.2 Å². The molecule has 1 aliphatic heterocycles. The third-order valence-electron chi connectivity index (χ3n) is 5.09. The van der Waals surface area contributed by atoms with Gasteiger partial charge in [0.25, 0.3) is 0 Å². The Morgan fingerprint density at radius 2 is 1.87 bits per heavy atom. The van der Waals surface area contributed by atoms with Crippen LogP contribution in [0.25, 0.3) is 0 Å². The Kier molecular flexibility index (Phi) is 4.42. The third-order valence-corrected chi connectivity index (χ3v) is 7.08. The first-order valence-electron chi connectivity index (χ1n) is 8.11. The summed E-state index contributed by atoms with van der Waals surface area (Å²) in [5.41, 5.74) is 0.989. The zero-order valence-corrected chi connectivity index (χ0v) is 14.0. The minimum absolute atomic E-state index is 0.0833. The molecule has 1 aromatic rings. The molecule has 0 aromatic heterocycles. The molecular formula is C16H22N2O4S. The van der Waals surface area contributed by atoms with Gasteiger partial charge in [-0.3, -0.25) is 10.1 Å². The van der Waals surface area contributed by atoms with Crippen LogP contribution in [0.4, 0.5) is 0 Å². The molecule has 0 bridgehead atoms. The zero-order valence-electron chi connectivity index (χ0n) is 13.2. The van der Waals surface area contributed by atoms with Gasteiger partial charge in [0.05, 0.1) is 10.9 Å². The number of rotatable bonds is 4. The number of nitro groups is 1. The van der Waals surface area contributed by atoms with E-state index in [4.69, 9.17) is 0 Å². The number of sulfonamides is 1. The summed E-state index contributed by atoms with van der Waals surface area (Å²) in [4.78, 5) is 10.8. The quantitative estimate of drug-likeness (QED) is 0.624. The van der Waals surface area contributed by atoms with Crippen molar-refractivity contribution < 1.29 is 13.3 Å². The molecule has 1 heterocycles. The van der Waals surface area contributed by atoms with E-state index in [1.54, 1.807) is 24.3 Å². The van der Waals surface area contributed by atoms with E-state index in [1.807, 2.05) is 6.92 Å². The van der Waals surface area contributed by atoms with Gasteiger partial charge in [-0.2, -0.15) is 4.31 Å². The number of nitrogens with zero attached hydrogens (tertiary/aromatic N) is 2. The van der Waals surface area contributed by atoms with E-state index in [2.05, 4.69) is 0 Å². The predicted octanol–water partition coefficient (Wildman–Crippen LogP) is 2.59. The average Bonchev–Trinajstić information content (AvgIpc) is 2.85. The summed E-state index contributed by atoms with van der Waals surface area (Å²) in [6, 6.07) is 6.13. The monoisotopic (exact) mass is 338 g/mol. The first kappa shape index (κ1) is 16.4. The largest absolute Gasteiger partial charge is 0.264 e. The van der Waals surface area contributed by atoms with Gasteiger partial charge in [-0.1, -0.05) is 30.5 Å². The first-order chi connectivity index (χ1) is 10.9. The van der Waals surface area contributed by atoms with Crippen LogP contribution in [0.2, 0.25) is 0 Å². The van der Waals surface area contributed by atoms with Crippen LogP contribution in [0.1, 0.15) is 37.7 Å². The fraction of sp³-hybridized carbons (Fsp3) is 0.625. The fourth-order valence-electron chi connectivity index (χ4n) is 4.06. The van der Waals surface area contributed by atoms with Crippen LogP contribution >= 0.6 is 0 Å². The van der Waals surface area contributed by atoms with Gasteiger partial charge < -0.3 is 0 Å².